The van der Waals surface area contributed by atoms with E-state index in [2.05, 4.69) is 26.2 Å². The van der Waals surface area contributed by atoms with Crippen molar-refractivity contribution in [3.63, 3.8) is 0 Å². The van der Waals surface area contributed by atoms with Crippen molar-refractivity contribution in [3.8, 4) is 0 Å². The minimum absolute atomic E-state index is 0.00353. The summed E-state index contributed by atoms with van der Waals surface area (Å²) < 4.78 is 5.68. The summed E-state index contributed by atoms with van der Waals surface area (Å²) in [5, 5.41) is 2.72. The maximum atomic E-state index is 12.0. The van der Waals surface area contributed by atoms with Crippen LogP contribution in [0, 0.1) is 0 Å². The summed E-state index contributed by atoms with van der Waals surface area (Å²) in [6.07, 6.45) is 2.29. The SMILES string of the molecule is COCCCNC(=O)CN(C)C(=O)c1ccc(Br)cn1. The normalized spacial score (nSPS) is 10.2. The monoisotopic (exact) mass is 343 g/mol. The van der Waals surface area contributed by atoms with Crippen LogP contribution >= 0.6 is 15.9 Å². The smallest absolute Gasteiger partial charge is 0.272 e. The molecule has 0 aliphatic heterocycles. The molecule has 110 valence electrons. The highest BCUT2D eigenvalue weighted by molar-refractivity contribution is 9.10. The molecule has 0 aromatic carbocycles. The topological polar surface area (TPSA) is 71.5 Å². The predicted molar refractivity (Wildman–Crippen MR) is 78.4 cm³/mol. The van der Waals surface area contributed by atoms with Crippen LogP contribution in [0.2, 0.25) is 0 Å². The maximum absolute atomic E-state index is 12.0. The molecule has 1 rings (SSSR count). The van der Waals surface area contributed by atoms with E-state index in [1.54, 1.807) is 32.5 Å². The number of methoxy groups -OCH3 is 1. The molecule has 0 bridgehead atoms. The zero-order chi connectivity index (χ0) is 15.0. The molecule has 1 heterocycles. The summed E-state index contributed by atoms with van der Waals surface area (Å²) in [5.74, 6) is -0.487. The van der Waals surface area contributed by atoms with Gasteiger partial charge in [-0.25, -0.2) is 4.98 Å². The first-order chi connectivity index (χ1) is 9.54. The van der Waals surface area contributed by atoms with Gasteiger partial charge in [-0.1, -0.05) is 0 Å². The Bertz CT molecular complexity index is 451. The fraction of sp³-hybridized carbons (Fsp3) is 0.462. The Balaban J connectivity index is 2.41. The van der Waals surface area contributed by atoms with Crippen molar-refractivity contribution in [2.45, 2.75) is 6.42 Å². The van der Waals surface area contributed by atoms with Crippen molar-refractivity contribution < 1.29 is 14.3 Å². The number of hydrogen-bond acceptors (Lipinski definition) is 4. The Kier molecular flexibility index (Phi) is 7.17. The number of ether oxygens (including phenoxy) is 1. The average molecular weight is 344 g/mol. The number of amides is 2. The minimum atomic E-state index is -0.287. The third kappa shape index (κ3) is 5.66. The van der Waals surface area contributed by atoms with Crippen molar-refractivity contribution >= 4 is 27.7 Å². The van der Waals surface area contributed by atoms with Crippen LogP contribution in [0.15, 0.2) is 22.8 Å². The predicted octanol–water partition coefficient (Wildman–Crippen LogP) is 1.07. The van der Waals surface area contributed by atoms with Crippen molar-refractivity contribution in [3.05, 3.63) is 28.5 Å². The molecule has 1 aromatic rings. The second-order valence-corrected chi connectivity index (χ2v) is 5.13. The van der Waals surface area contributed by atoms with Gasteiger partial charge in [0.05, 0.1) is 6.54 Å². The highest BCUT2D eigenvalue weighted by Crippen LogP contribution is 2.08. The van der Waals surface area contributed by atoms with E-state index in [1.165, 1.54) is 4.90 Å². The molecule has 0 aliphatic rings. The number of carbonyl (C=O) groups excluding carboxylic acids is 2. The van der Waals surface area contributed by atoms with Crippen molar-refractivity contribution in [2.24, 2.45) is 0 Å². The number of hydrogen-bond donors (Lipinski definition) is 1. The summed E-state index contributed by atoms with van der Waals surface area (Å²) in [6, 6.07) is 3.35. The quantitative estimate of drug-likeness (QED) is 0.751. The molecule has 0 aliphatic carbocycles. The number of nitrogens with one attached hydrogen (secondary N) is 1. The van der Waals surface area contributed by atoms with E-state index in [0.29, 0.717) is 18.8 Å². The minimum Gasteiger partial charge on any atom is -0.385 e. The van der Waals surface area contributed by atoms with Crippen LogP contribution in [0.3, 0.4) is 0 Å². The molecule has 6 nitrogen and oxygen atoms in total. The second kappa shape index (κ2) is 8.65. The lowest BCUT2D eigenvalue weighted by molar-refractivity contribution is -0.121. The lowest BCUT2D eigenvalue weighted by atomic mass is 10.3. The number of likely N-dealkylation sites (N-methyl/N-ethyl adjacent to an activating group) is 1. The summed E-state index contributed by atoms with van der Waals surface area (Å²) >= 11 is 3.25. The Morgan fingerprint density at radius 2 is 2.20 bits per heavy atom. The fourth-order valence-electron chi connectivity index (χ4n) is 1.49. The second-order valence-electron chi connectivity index (χ2n) is 4.22. The lowest BCUT2D eigenvalue weighted by Gasteiger charge is -2.16. The van der Waals surface area contributed by atoms with Gasteiger partial charge < -0.3 is 15.0 Å². The van der Waals surface area contributed by atoms with E-state index in [-0.39, 0.29) is 18.4 Å². The molecule has 0 spiro atoms. The fourth-order valence-corrected chi connectivity index (χ4v) is 1.72. The van der Waals surface area contributed by atoms with Gasteiger partial charge in [0, 0.05) is 38.0 Å². The summed E-state index contributed by atoms with van der Waals surface area (Å²) in [4.78, 5) is 29.0. The van der Waals surface area contributed by atoms with E-state index < -0.39 is 0 Å². The van der Waals surface area contributed by atoms with Crippen LogP contribution in [-0.2, 0) is 9.53 Å². The highest BCUT2D eigenvalue weighted by Gasteiger charge is 2.15. The standard InChI is InChI=1S/C13H18BrN3O3/c1-17(9-12(18)15-6-3-7-20-2)13(19)11-5-4-10(14)8-16-11/h4-5,8H,3,6-7,9H2,1-2H3,(H,15,18). The molecule has 0 radical (unpaired) electrons. The van der Waals surface area contributed by atoms with Gasteiger partial charge in [-0.2, -0.15) is 0 Å². The zero-order valence-corrected chi connectivity index (χ0v) is 13.1. The summed E-state index contributed by atoms with van der Waals surface area (Å²) in [5.41, 5.74) is 0.308. The molecule has 0 atom stereocenters. The van der Waals surface area contributed by atoms with Gasteiger partial charge in [0.25, 0.3) is 5.91 Å². The van der Waals surface area contributed by atoms with Crippen LogP contribution < -0.4 is 5.32 Å². The molecular formula is C13H18BrN3O3. The van der Waals surface area contributed by atoms with E-state index in [1.807, 2.05) is 0 Å². The molecule has 0 saturated carbocycles. The van der Waals surface area contributed by atoms with Gasteiger partial charge in [0.1, 0.15) is 5.69 Å². The molecule has 0 unspecified atom stereocenters. The first-order valence-electron chi connectivity index (χ1n) is 6.17. The number of carbonyl (C=O) groups is 2. The van der Waals surface area contributed by atoms with Gasteiger partial charge >= 0.3 is 0 Å². The average Bonchev–Trinajstić information content (AvgIpc) is 2.43. The van der Waals surface area contributed by atoms with E-state index in [0.717, 1.165) is 10.9 Å². The number of aromatic nitrogens is 1. The Hall–Kier alpha value is -1.47. The van der Waals surface area contributed by atoms with Crippen molar-refractivity contribution in [1.82, 2.24) is 15.2 Å². The number of halogens is 1. The van der Waals surface area contributed by atoms with E-state index in [4.69, 9.17) is 4.74 Å². The Morgan fingerprint density at radius 3 is 2.80 bits per heavy atom. The zero-order valence-electron chi connectivity index (χ0n) is 11.6. The van der Waals surface area contributed by atoms with Crippen LogP contribution in [0.1, 0.15) is 16.9 Å². The highest BCUT2D eigenvalue weighted by atomic mass is 79.9. The third-order valence-electron chi connectivity index (χ3n) is 2.52. The van der Waals surface area contributed by atoms with Crippen LogP contribution in [0.5, 0.6) is 0 Å². The first-order valence-corrected chi connectivity index (χ1v) is 6.96. The maximum Gasteiger partial charge on any atom is 0.272 e. The molecule has 1 aromatic heterocycles. The van der Waals surface area contributed by atoms with Crippen LogP contribution in [0.4, 0.5) is 0 Å². The van der Waals surface area contributed by atoms with Gasteiger partial charge in [0.2, 0.25) is 5.91 Å². The first kappa shape index (κ1) is 16.6. The molecule has 20 heavy (non-hydrogen) atoms. The van der Waals surface area contributed by atoms with Crippen molar-refractivity contribution in [1.29, 1.82) is 0 Å². The number of rotatable bonds is 7. The molecule has 2 amide bonds. The molecule has 0 saturated heterocycles. The largest absolute Gasteiger partial charge is 0.385 e. The Morgan fingerprint density at radius 1 is 1.45 bits per heavy atom. The van der Waals surface area contributed by atoms with Gasteiger partial charge in [-0.3, -0.25) is 9.59 Å². The summed E-state index contributed by atoms with van der Waals surface area (Å²) in [7, 11) is 3.18. The van der Waals surface area contributed by atoms with E-state index >= 15 is 0 Å². The van der Waals surface area contributed by atoms with Gasteiger partial charge in [-0.15, -0.1) is 0 Å². The molecule has 1 N–H and O–H groups in total. The molecule has 0 fully saturated rings. The third-order valence-corrected chi connectivity index (χ3v) is 2.99. The Labute approximate surface area is 126 Å². The number of pyridine rings is 1. The lowest BCUT2D eigenvalue weighted by Crippen LogP contribution is -2.39. The summed E-state index contributed by atoms with van der Waals surface area (Å²) in [6.45, 7) is 1.13. The van der Waals surface area contributed by atoms with Crippen molar-refractivity contribution in [2.75, 3.05) is 33.9 Å². The van der Waals surface area contributed by atoms with Gasteiger partial charge in [-0.05, 0) is 34.5 Å². The van der Waals surface area contributed by atoms with Crippen LogP contribution in [-0.4, -0.2) is 55.6 Å². The van der Waals surface area contributed by atoms with Crippen LogP contribution in [0.25, 0.3) is 0 Å². The van der Waals surface area contributed by atoms with E-state index in [9.17, 15) is 9.59 Å². The molecule has 7 heteroatoms. The molecular weight excluding hydrogens is 326 g/mol. The number of nitrogens with zero attached hydrogens (tertiary/aromatic N) is 2. The van der Waals surface area contributed by atoms with Gasteiger partial charge in [0.15, 0.2) is 0 Å².